The molecule has 0 aromatic heterocycles. The first-order valence-corrected chi connectivity index (χ1v) is 13.9. The topological polar surface area (TPSA) is 72.9 Å². The second kappa shape index (κ2) is 12.9. The molecule has 2 N–H and O–H groups in total. The fourth-order valence-electron chi connectivity index (χ4n) is 5.71. The van der Waals surface area contributed by atoms with Crippen molar-refractivity contribution in [2.24, 2.45) is 5.92 Å². The Labute approximate surface area is 232 Å². The van der Waals surface area contributed by atoms with Crippen LogP contribution in [0.2, 0.25) is 0 Å². The molecule has 2 aliphatic rings. The summed E-state index contributed by atoms with van der Waals surface area (Å²) in [5.41, 5.74) is 4.91. The molecule has 1 heterocycles. The van der Waals surface area contributed by atoms with E-state index in [1.165, 1.54) is 34.6 Å². The van der Waals surface area contributed by atoms with E-state index in [0.717, 1.165) is 43.3 Å². The minimum atomic E-state index is -0.904. The number of piperidine rings is 1. The summed E-state index contributed by atoms with van der Waals surface area (Å²) < 4.78 is 0. The smallest absolute Gasteiger partial charge is 0.407 e. The van der Waals surface area contributed by atoms with Crippen molar-refractivity contribution >= 4 is 12.0 Å². The minimum absolute atomic E-state index is 0.0639. The number of carbonyl (C=O) groups is 2. The Morgan fingerprint density at radius 2 is 1.62 bits per heavy atom. The van der Waals surface area contributed by atoms with Gasteiger partial charge in [0.25, 0.3) is 0 Å². The zero-order valence-corrected chi connectivity index (χ0v) is 23.3. The molecule has 1 aliphatic carbocycles. The number of likely N-dealkylation sites (tertiary alicyclic amines) is 1. The first-order chi connectivity index (χ1) is 18.8. The predicted octanol–water partition coefficient (Wildman–Crippen LogP) is 6.02. The molecule has 2 amide bonds. The Kier molecular flexibility index (Phi) is 9.41. The maximum absolute atomic E-state index is 11.9. The monoisotopic (exact) mass is 527 g/mol. The van der Waals surface area contributed by atoms with Crippen molar-refractivity contribution in [1.29, 1.82) is 0 Å². The molecule has 2 fully saturated rings. The number of hydrogen-bond acceptors (Lipinski definition) is 3. The molecular weight excluding hydrogens is 486 g/mol. The van der Waals surface area contributed by atoms with Gasteiger partial charge >= 0.3 is 6.09 Å². The Morgan fingerprint density at radius 1 is 0.974 bits per heavy atom. The maximum atomic E-state index is 11.9. The highest BCUT2D eigenvalue weighted by atomic mass is 16.4. The van der Waals surface area contributed by atoms with E-state index in [0.29, 0.717) is 6.54 Å². The number of rotatable bonds is 7. The second-order valence-corrected chi connectivity index (χ2v) is 11.1. The van der Waals surface area contributed by atoms with E-state index in [9.17, 15) is 9.59 Å². The summed E-state index contributed by atoms with van der Waals surface area (Å²) in [6, 6.07) is 29.0. The van der Waals surface area contributed by atoms with Crippen molar-refractivity contribution in [1.82, 2.24) is 15.1 Å². The van der Waals surface area contributed by atoms with Crippen LogP contribution in [-0.4, -0.2) is 53.6 Å². The van der Waals surface area contributed by atoms with Gasteiger partial charge in [0.2, 0.25) is 5.91 Å². The molecule has 3 aromatic rings. The highest BCUT2D eigenvalue weighted by Gasteiger charge is 2.42. The predicted molar refractivity (Wildman–Crippen MR) is 156 cm³/mol. The van der Waals surface area contributed by atoms with Crippen molar-refractivity contribution < 1.29 is 14.7 Å². The van der Waals surface area contributed by atoms with Crippen molar-refractivity contribution in [2.75, 3.05) is 26.7 Å². The molecule has 0 unspecified atom stereocenters. The second-order valence-electron chi connectivity index (χ2n) is 11.1. The van der Waals surface area contributed by atoms with Crippen LogP contribution in [0.3, 0.4) is 0 Å². The Balaban J connectivity index is 0.000000247. The van der Waals surface area contributed by atoms with Crippen LogP contribution >= 0.6 is 0 Å². The van der Waals surface area contributed by atoms with E-state index in [4.69, 9.17) is 5.11 Å². The Morgan fingerprint density at radius 3 is 2.21 bits per heavy atom. The molecule has 3 aromatic carbocycles. The number of aryl methyl sites for hydroxylation is 1. The lowest BCUT2D eigenvalue weighted by atomic mass is 9.80. The van der Waals surface area contributed by atoms with Crippen LogP contribution in [0.5, 0.6) is 0 Å². The number of nitrogens with zero attached hydrogens (tertiary/aromatic N) is 2. The molecule has 2 atom stereocenters. The molecule has 0 spiro atoms. The summed E-state index contributed by atoms with van der Waals surface area (Å²) in [4.78, 5) is 26.1. The van der Waals surface area contributed by atoms with Crippen LogP contribution in [0.4, 0.5) is 4.79 Å². The third-order valence-electron chi connectivity index (χ3n) is 7.93. The van der Waals surface area contributed by atoms with Gasteiger partial charge in [-0.2, -0.15) is 0 Å². The molecule has 1 saturated heterocycles. The molecule has 6 nitrogen and oxygen atoms in total. The van der Waals surface area contributed by atoms with E-state index in [2.05, 4.69) is 65.7 Å². The molecule has 0 bridgehead atoms. The zero-order valence-electron chi connectivity index (χ0n) is 23.3. The Bertz CT molecular complexity index is 1220. The number of amides is 2. The molecule has 0 radical (unpaired) electrons. The van der Waals surface area contributed by atoms with Gasteiger partial charge in [-0.15, -0.1) is 0 Å². The number of benzene rings is 3. The quantitative estimate of drug-likeness (QED) is 0.394. The molecule has 6 heteroatoms. The summed E-state index contributed by atoms with van der Waals surface area (Å²) in [6.07, 6.45) is 2.38. The standard InChI is InChI=1S/C24H30N2O.C9H11NO2/c1-18-7-6-8-20(15-18)23-16-21(23)17-26-13-11-24(12-14-26,25-19(2)27)22-9-4-3-5-10-22;1-10(9(11)12)7-8-5-3-2-4-6-8/h3-10,15,21,23H,11-14,16-17H2,1-2H3,(H,25,27);2-6H,7H2,1H3,(H,11,12)/t21-,23+;/m0./s1. The SMILES string of the molecule is CC(=O)NC1(c2ccccc2)CCN(C[C@@H]2C[C@@H]2c2cccc(C)c2)CC1.CN(Cc1ccccc1)C(=O)O. The van der Waals surface area contributed by atoms with Crippen molar-refractivity contribution in [3.63, 3.8) is 0 Å². The highest BCUT2D eigenvalue weighted by molar-refractivity contribution is 5.74. The van der Waals surface area contributed by atoms with Gasteiger partial charge in [0.15, 0.2) is 0 Å². The van der Waals surface area contributed by atoms with Gasteiger partial charge < -0.3 is 20.2 Å². The summed E-state index contributed by atoms with van der Waals surface area (Å²) in [5.74, 6) is 1.59. The van der Waals surface area contributed by atoms with Crippen LogP contribution < -0.4 is 5.32 Å². The van der Waals surface area contributed by atoms with Crippen molar-refractivity contribution in [3.05, 3.63) is 107 Å². The van der Waals surface area contributed by atoms with Gasteiger partial charge in [-0.3, -0.25) is 4.79 Å². The first kappa shape index (κ1) is 28.4. The van der Waals surface area contributed by atoms with Crippen LogP contribution in [-0.2, 0) is 16.9 Å². The lowest BCUT2D eigenvalue weighted by Crippen LogP contribution is -2.52. The fraction of sp³-hybridized carbons (Fsp3) is 0.394. The number of carbonyl (C=O) groups excluding carboxylic acids is 1. The van der Waals surface area contributed by atoms with Gasteiger partial charge in [-0.25, -0.2) is 4.79 Å². The van der Waals surface area contributed by atoms with Crippen molar-refractivity contribution in [2.45, 2.75) is 51.1 Å². The third-order valence-corrected chi connectivity index (χ3v) is 7.93. The summed E-state index contributed by atoms with van der Waals surface area (Å²) in [6.45, 7) is 7.53. The van der Waals surface area contributed by atoms with E-state index < -0.39 is 6.09 Å². The zero-order chi connectivity index (χ0) is 27.8. The third kappa shape index (κ3) is 7.93. The summed E-state index contributed by atoms with van der Waals surface area (Å²) >= 11 is 0. The van der Waals surface area contributed by atoms with Crippen LogP contribution in [0.15, 0.2) is 84.9 Å². The lowest BCUT2D eigenvalue weighted by Gasteiger charge is -2.43. The maximum Gasteiger partial charge on any atom is 0.407 e. The molecule has 206 valence electrons. The summed E-state index contributed by atoms with van der Waals surface area (Å²) in [5, 5.41) is 11.8. The fourth-order valence-corrected chi connectivity index (χ4v) is 5.71. The molecule has 39 heavy (non-hydrogen) atoms. The lowest BCUT2D eigenvalue weighted by molar-refractivity contribution is -0.121. The van der Waals surface area contributed by atoms with E-state index in [-0.39, 0.29) is 11.4 Å². The minimum Gasteiger partial charge on any atom is -0.465 e. The van der Waals surface area contributed by atoms with E-state index in [1.807, 2.05) is 36.4 Å². The van der Waals surface area contributed by atoms with Crippen molar-refractivity contribution in [3.8, 4) is 0 Å². The van der Waals surface area contributed by atoms with Gasteiger partial charge in [-0.05, 0) is 54.7 Å². The average molecular weight is 528 g/mol. The summed E-state index contributed by atoms with van der Waals surface area (Å²) in [7, 11) is 1.55. The van der Waals surface area contributed by atoms with Crippen LogP contribution in [0.25, 0.3) is 0 Å². The van der Waals surface area contributed by atoms with E-state index in [1.54, 1.807) is 14.0 Å². The highest BCUT2D eigenvalue weighted by Crippen LogP contribution is 2.48. The van der Waals surface area contributed by atoms with Gasteiger partial charge in [0.1, 0.15) is 0 Å². The molecule has 1 saturated carbocycles. The van der Waals surface area contributed by atoms with Crippen LogP contribution in [0.1, 0.15) is 54.4 Å². The normalized spacial score (nSPS) is 19.8. The van der Waals surface area contributed by atoms with Gasteiger partial charge in [-0.1, -0.05) is 90.5 Å². The number of carboxylic acid groups (broad SMARTS) is 1. The average Bonchev–Trinajstić information content (AvgIpc) is 3.70. The van der Waals surface area contributed by atoms with Gasteiger partial charge in [0, 0.05) is 40.2 Å². The van der Waals surface area contributed by atoms with Crippen LogP contribution in [0, 0.1) is 12.8 Å². The molecular formula is C33H41N3O3. The first-order valence-electron chi connectivity index (χ1n) is 13.9. The van der Waals surface area contributed by atoms with Gasteiger partial charge in [0.05, 0.1) is 5.54 Å². The molecule has 5 rings (SSSR count). The van der Waals surface area contributed by atoms with E-state index >= 15 is 0 Å². The number of hydrogen-bond donors (Lipinski definition) is 2. The molecule has 1 aliphatic heterocycles. The Hall–Kier alpha value is -3.64. The largest absolute Gasteiger partial charge is 0.465 e. The number of nitrogens with one attached hydrogen (secondary N) is 1.